The first-order chi connectivity index (χ1) is 10.2. The Hall–Kier alpha value is -0.630. The van der Waals surface area contributed by atoms with Crippen molar-refractivity contribution in [2.45, 2.75) is 48.8 Å². The second kappa shape index (κ2) is 5.19. The van der Waals surface area contributed by atoms with E-state index in [0.29, 0.717) is 29.0 Å². The van der Waals surface area contributed by atoms with Gasteiger partial charge in [0.15, 0.2) is 0 Å². The number of hydrogen-bond acceptors (Lipinski definition) is 4. The van der Waals surface area contributed by atoms with Crippen molar-refractivity contribution in [2.75, 3.05) is 6.54 Å². The number of thiophene rings is 1. The molecule has 1 unspecified atom stereocenters. The number of hydrogen-bond donors (Lipinski definition) is 1. The molecule has 2 aliphatic rings. The molecule has 1 aromatic heterocycles. The number of halogens is 1. The molecule has 1 aromatic rings. The number of carboxylic acid groups (broad SMARTS) is 1. The average molecular weight is 364 g/mol. The van der Waals surface area contributed by atoms with Crippen molar-refractivity contribution in [3.63, 3.8) is 0 Å². The molecule has 1 N–H and O–H groups in total. The van der Waals surface area contributed by atoms with E-state index >= 15 is 0 Å². The standard InChI is InChI=1S/C14H18ClNO4S2/c1-3-16(14(4-5-14)13(17)18)22(19,20)11-7-10(12(15)21-11)9-6-8(9)2/h7-9H,3-6H2,1-2H3,(H,17,18)/t8?,9-/m0/s1. The van der Waals surface area contributed by atoms with Crippen LogP contribution in [0.15, 0.2) is 10.3 Å². The zero-order chi connectivity index (χ0) is 16.3. The number of aliphatic carboxylic acids is 1. The molecule has 8 heteroatoms. The van der Waals surface area contributed by atoms with Crippen LogP contribution in [0.2, 0.25) is 4.34 Å². The van der Waals surface area contributed by atoms with Gasteiger partial charge < -0.3 is 5.11 Å². The lowest BCUT2D eigenvalue weighted by molar-refractivity contribution is -0.143. The van der Waals surface area contributed by atoms with Gasteiger partial charge in [0.2, 0.25) is 0 Å². The highest BCUT2D eigenvalue weighted by Gasteiger charge is 2.59. The van der Waals surface area contributed by atoms with Gasteiger partial charge in [-0.2, -0.15) is 4.31 Å². The van der Waals surface area contributed by atoms with Crippen molar-refractivity contribution in [1.29, 1.82) is 0 Å². The molecule has 1 heterocycles. The fourth-order valence-corrected chi connectivity index (χ4v) is 6.76. The molecule has 0 radical (unpaired) electrons. The summed E-state index contributed by atoms with van der Waals surface area (Å²) in [5, 5.41) is 9.38. The van der Waals surface area contributed by atoms with Crippen LogP contribution in [0.4, 0.5) is 0 Å². The summed E-state index contributed by atoms with van der Waals surface area (Å²) in [6.07, 6.45) is 1.74. The van der Waals surface area contributed by atoms with Gasteiger partial charge in [-0.3, -0.25) is 4.79 Å². The van der Waals surface area contributed by atoms with E-state index in [0.717, 1.165) is 27.6 Å². The van der Waals surface area contributed by atoms with E-state index < -0.39 is 21.5 Å². The number of carbonyl (C=O) groups is 1. The number of nitrogens with zero attached hydrogens (tertiary/aromatic N) is 1. The van der Waals surface area contributed by atoms with E-state index in [1.54, 1.807) is 13.0 Å². The van der Waals surface area contributed by atoms with E-state index in [1.807, 2.05) is 0 Å². The second-order valence-electron chi connectivity index (χ2n) is 6.12. The highest BCUT2D eigenvalue weighted by molar-refractivity contribution is 7.91. The van der Waals surface area contributed by atoms with Crippen molar-refractivity contribution in [3.8, 4) is 0 Å². The predicted molar refractivity (Wildman–Crippen MR) is 85.0 cm³/mol. The highest BCUT2D eigenvalue weighted by atomic mass is 35.5. The van der Waals surface area contributed by atoms with Gasteiger partial charge in [0.1, 0.15) is 9.75 Å². The Bertz CT molecular complexity index is 723. The molecule has 0 saturated heterocycles. The Balaban J connectivity index is 1.97. The summed E-state index contributed by atoms with van der Waals surface area (Å²) in [5.74, 6) is -0.215. The van der Waals surface area contributed by atoms with Crippen LogP contribution in [0, 0.1) is 5.92 Å². The van der Waals surface area contributed by atoms with Crippen LogP contribution in [0.3, 0.4) is 0 Å². The first-order valence-corrected chi connectivity index (χ1v) is 9.93. The largest absolute Gasteiger partial charge is 0.480 e. The minimum atomic E-state index is -3.83. The van der Waals surface area contributed by atoms with Crippen LogP contribution >= 0.6 is 22.9 Å². The lowest BCUT2D eigenvalue weighted by atomic mass is 10.2. The molecule has 0 aromatic carbocycles. The molecular weight excluding hydrogens is 346 g/mol. The quantitative estimate of drug-likeness (QED) is 0.842. The van der Waals surface area contributed by atoms with Crippen LogP contribution in [0.25, 0.3) is 0 Å². The van der Waals surface area contributed by atoms with Crippen molar-refractivity contribution in [3.05, 3.63) is 16.0 Å². The molecule has 0 bridgehead atoms. The number of likely N-dealkylation sites (N-methyl/N-ethyl adjacent to an activating group) is 1. The third-order valence-electron chi connectivity index (χ3n) is 4.63. The lowest BCUT2D eigenvalue weighted by Gasteiger charge is -2.26. The summed E-state index contributed by atoms with van der Waals surface area (Å²) in [6, 6.07) is 1.64. The van der Waals surface area contributed by atoms with Crippen LogP contribution in [0.5, 0.6) is 0 Å². The third-order valence-corrected chi connectivity index (χ3v) is 8.51. The third kappa shape index (κ3) is 2.38. The zero-order valence-electron chi connectivity index (χ0n) is 12.4. The molecule has 0 amide bonds. The number of sulfonamides is 1. The monoisotopic (exact) mass is 363 g/mol. The van der Waals surface area contributed by atoms with Gasteiger partial charge in [-0.1, -0.05) is 25.4 Å². The van der Waals surface area contributed by atoms with E-state index in [-0.39, 0.29) is 10.8 Å². The highest BCUT2D eigenvalue weighted by Crippen LogP contribution is 2.52. The van der Waals surface area contributed by atoms with Crippen LogP contribution in [-0.2, 0) is 14.8 Å². The Labute approximate surface area is 138 Å². The van der Waals surface area contributed by atoms with Gasteiger partial charge in [-0.05, 0) is 42.7 Å². The molecular formula is C14H18ClNO4S2. The maximum absolute atomic E-state index is 12.9. The summed E-state index contributed by atoms with van der Waals surface area (Å²) >= 11 is 7.24. The minimum absolute atomic E-state index is 0.138. The van der Waals surface area contributed by atoms with Gasteiger partial charge in [0.25, 0.3) is 10.0 Å². The van der Waals surface area contributed by atoms with E-state index in [9.17, 15) is 18.3 Å². The van der Waals surface area contributed by atoms with Crippen molar-refractivity contribution < 1.29 is 18.3 Å². The van der Waals surface area contributed by atoms with Crippen LogP contribution in [0.1, 0.15) is 44.6 Å². The summed E-state index contributed by atoms with van der Waals surface area (Å²) in [5.41, 5.74) is -0.383. The fourth-order valence-electron chi connectivity index (χ4n) is 3.00. The Morgan fingerprint density at radius 2 is 2.14 bits per heavy atom. The summed E-state index contributed by atoms with van der Waals surface area (Å²) in [7, 11) is -3.83. The average Bonchev–Trinajstić information content (AvgIpc) is 3.32. The molecule has 5 nitrogen and oxygen atoms in total. The number of rotatable bonds is 6. The Morgan fingerprint density at radius 3 is 2.55 bits per heavy atom. The Kier molecular flexibility index (Phi) is 3.83. The van der Waals surface area contributed by atoms with Gasteiger partial charge in [0, 0.05) is 6.54 Å². The Morgan fingerprint density at radius 1 is 1.55 bits per heavy atom. The minimum Gasteiger partial charge on any atom is -0.480 e. The summed E-state index contributed by atoms with van der Waals surface area (Å²) < 4.78 is 27.5. The summed E-state index contributed by atoms with van der Waals surface area (Å²) in [6.45, 7) is 3.91. The van der Waals surface area contributed by atoms with Crippen molar-refractivity contribution in [2.24, 2.45) is 5.92 Å². The van der Waals surface area contributed by atoms with Crippen LogP contribution in [-0.4, -0.2) is 35.9 Å². The molecule has 0 spiro atoms. The van der Waals surface area contributed by atoms with Gasteiger partial charge >= 0.3 is 5.97 Å². The normalized spacial score (nSPS) is 26.2. The van der Waals surface area contributed by atoms with Gasteiger partial charge in [-0.15, -0.1) is 11.3 Å². The fraction of sp³-hybridized carbons (Fsp3) is 0.643. The van der Waals surface area contributed by atoms with Crippen LogP contribution < -0.4 is 0 Å². The molecule has 2 aliphatic carbocycles. The smallest absolute Gasteiger partial charge is 0.325 e. The predicted octanol–water partition coefficient (Wildman–Crippen LogP) is 3.15. The maximum Gasteiger partial charge on any atom is 0.325 e. The molecule has 0 aliphatic heterocycles. The van der Waals surface area contributed by atoms with Crippen molar-refractivity contribution >= 4 is 38.9 Å². The second-order valence-corrected chi connectivity index (χ2v) is 9.86. The van der Waals surface area contributed by atoms with Gasteiger partial charge in [0.05, 0.1) is 4.34 Å². The molecule has 2 atom stereocenters. The topological polar surface area (TPSA) is 74.7 Å². The van der Waals surface area contributed by atoms with E-state index in [4.69, 9.17) is 11.6 Å². The molecule has 22 heavy (non-hydrogen) atoms. The van der Waals surface area contributed by atoms with Crippen molar-refractivity contribution in [1.82, 2.24) is 4.31 Å². The lowest BCUT2D eigenvalue weighted by Crippen LogP contribution is -2.46. The van der Waals surface area contributed by atoms with Gasteiger partial charge in [-0.25, -0.2) is 8.42 Å². The number of carboxylic acids is 1. The first-order valence-electron chi connectivity index (χ1n) is 7.29. The van der Waals surface area contributed by atoms with E-state index in [2.05, 4.69) is 6.92 Å². The zero-order valence-corrected chi connectivity index (χ0v) is 14.8. The molecule has 2 fully saturated rings. The van der Waals surface area contributed by atoms with E-state index in [1.165, 1.54) is 0 Å². The molecule has 2 saturated carbocycles. The maximum atomic E-state index is 12.9. The SMILES string of the molecule is CCN(C1(C(=O)O)CC1)S(=O)(=O)c1cc([C@H]2CC2C)c(Cl)s1. The first kappa shape index (κ1) is 16.2. The molecule has 3 rings (SSSR count). The summed E-state index contributed by atoms with van der Waals surface area (Å²) in [4.78, 5) is 11.5. The molecule has 122 valence electrons.